The van der Waals surface area contributed by atoms with Gasteiger partial charge < -0.3 is 15.1 Å². The molecule has 122 valence electrons. The maximum absolute atomic E-state index is 12.0. The number of anilines is 1. The van der Waals surface area contributed by atoms with Crippen LogP contribution >= 0.6 is 0 Å². The highest BCUT2D eigenvalue weighted by atomic mass is 16.4. The lowest BCUT2D eigenvalue weighted by Gasteiger charge is -2.08. The third-order valence-electron chi connectivity index (χ3n) is 3.57. The fraction of sp³-hybridized carbons (Fsp3) is 0.167. The SMILES string of the molecule is Cc1cc(=O)oc2cc(NC(=O)CNCc3cccnc3)ccc12. The maximum atomic E-state index is 12.0. The third-order valence-corrected chi connectivity index (χ3v) is 3.57. The summed E-state index contributed by atoms with van der Waals surface area (Å²) in [5, 5.41) is 6.68. The summed E-state index contributed by atoms with van der Waals surface area (Å²) in [6, 6.07) is 10.5. The lowest BCUT2D eigenvalue weighted by Crippen LogP contribution is -2.27. The zero-order valence-electron chi connectivity index (χ0n) is 13.2. The molecule has 0 aliphatic heterocycles. The number of fused-ring (bicyclic) bond motifs is 1. The van der Waals surface area contributed by atoms with Gasteiger partial charge in [0.05, 0.1) is 6.54 Å². The van der Waals surface area contributed by atoms with Gasteiger partial charge in [-0.2, -0.15) is 0 Å². The Kier molecular flexibility index (Phi) is 4.67. The van der Waals surface area contributed by atoms with E-state index in [-0.39, 0.29) is 12.5 Å². The van der Waals surface area contributed by atoms with E-state index in [1.807, 2.05) is 25.1 Å². The summed E-state index contributed by atoms with van der Waals surface area (Å²) in [7, 11) is 0. The van der Waals surface area contributed by atoms with E-state index < -0.39 is 5.63 Å². The molecule has 6 nitrogen and oxygen atoms in total. The second-order valence-corrected chi connectivity index (χ2v) is 5.47. The van der Waals surface area contributed by atoms with Crippen LogP contribution in [0.3, 0.4) is 0 Å². The summed E-state index contributed by atoms with van der Waals surface area (Å²) in [6.07, 6.45) is 3.45. The minimum atomic E-state index is -0.401. The molecule has 0 fully saturated rings. The molecule has 0 saturated carbocycles. The number of carbonyl (C=O) groups excluding carboxylic acids is 1. The molecular weight excluding hydrogens is 306 g/mol. The molecule has 3 aromatic rings. The average Bonchev–Trinajstić information content (AvgIpc) is 2.55. The zero-order chi connectivity index (χ0) is 16.9. The van der Waals surface area contributed by atoms with Crippen LogP contribution < -0.4 is 16.3 Å². The Morgan fingerprint density at radius 3 is 2.92 bits per heavy atom. The molecule has 0 bridgehead atoms. The van der Waals surface area contributed by atoms with Crippen LogP contribution in [-0.4, -0.2) is 17.4 Å². The van der Waals surface area contributed by atoms with Gasteiger partial charge >= 0.3 is 5.63 Å². The molecular formula is C18H17N3O3. The predicted octanol–water partition coefficient (Wildman–Crippen LogP) is 2.22. The minimum Gasteiger partial charge on any atom is -0.423 e. The Balaban J connectivity index is 1.62. The summed E-state index contributed by atoms with van der Waals surface area (Å²) in [4.78, 5) is 27.5. The second kappa shape index (κ2) is 7.06. The highest BCUT2D eigenvalue weighted by Crippen LogP contribution is 2.20. The van der Waals surface area contributed by atoms with Crippen molar-refractivity contribution in [2.24, 2.45) is 0 Å². The number of aryl methyl sites for hydroxylation is 1. The smallest absolute Gasteiger partial charge is 0.336 e. The van der Waals surface area contributed by atoms with Gasteiger partial charge in [0.15, 0.2) is 0 Å². The Morgan fingerprint density at radius 1 is 1.25 bits per heavy atom. The first-order chi connectivity index (χ1) is 11.6. The number of amides is 1. The molecule has 0 saturated heterocycles. The van der Waals surface area contributed by atoms with E-state index >= 15 is 0 Å². The van der Waals surface area contributed by atoms with E-state index in [1.54, 1.807) is 24.5 Å². The first kappa shape index (κ1) is 15.9. The van der Waals surface area contributed by atoms with Crippen molar-refractivity contribution in [2.45, 2.75) is 13.5 Å². The second-order valence-electron chi connectivity index (χ2n) is 5.47. The molecule has 2 aromatic heterocycles. The Morgan fingerprint density at radius 2 is 2.12 bits per heavy atom. The van der Waals surface area contributed by atoms with Crippen molar-refractivity contribution < 1.29 is 9.21 Å². The molecule has 0 atom stereocenters. The van der Waals surface area contributed by atoms with Crippen molar-refractivity contribution in [3.05, 3.63) is 70.3 Å². The van der Waals surface area contributed by atoms with Crippen molar-refractivity contribution >= 4 is 22.6 Å². The quantitative estimate of drug-likeness (QED) is 0.703. The normalized spacial score (nSPS) is 10.7. The molecule has 2 N–H and O–H groups in total. The van der Waals surface area contributed by atoms with Crippen molar-refractivity contribution in [2.75, 3.05) is 11.9 Å². The van der Waals surface area contributed by atoms with Crippen molar-refractivity contribution in [1.82, 2.24) is 10.3 Å². The molecule has 1 aromatic carbocycles. The number of nitrogens with one attached hydrogen (secondary N) is 2. The highest BCUT2D eigenvalue weighted by molar-refractivity contribution is 5.94. The summed E-state index contributed by atoms with van der Waals surface area (Å²) in [6.45, 7) is 2.58. The minimum absolute atomic E-state index is 0.171. The molecule has 0 spiro atoms. The number of aromatic nitrogens is 1. The van der Waals surface area contributed by atoms with Gasteiger partial charge in [-0.1, -0.05) is 6.07 Å². The van der Waals surface area contributed by atoms with Gasteiger partial charge in [0.25, 0.3) is 0 Å². The third kappa shape index (κ3) is 3.85. The molecule has 0 radical (unpaired) electrons. The number of rotatable bonds is 5. The van der Waals surface area contributed by atoms with Crippen LogP contribution in [0.15, 0.2) is 58.0 Å². The first-order valence-electron chi connectivity index (χ1n) is 7.56. The summed E-state index contributed by atoms with van der Waals surface area (Å²) < 4.78 is 5.17. The van der Waals surface area contributed by atoms with Crippen LogP contribution in [-0.2, 0) is 11.3 Å². The van der Waals surface area contributed by atoms with Crippen LogP contribution in [0.4, 0.5) is 5.69 Å². The van der Waals surface area contributed by atoms with E-state index in [4.69, 9.17) is 4.42 Å². The molecule has 6 heteroatoms. The number of carbonyl (C=O) groups is 1. The van der Waals surface area contributed by atoms with E-state index in [0.29, 0.717) is 17.8 Å². The number of hydrogen-bond acceptors (Lipinski definition) is 5. The summed E-state index contributed by atoms with van der Waals surface area (Å²) in [5.74, 6) is -0.173. The molecule has 3 rings (SSSR count). The topological polar surface area (TPSA) is 84.2 Å². The Bertz CT molecular complexity index is 920. The number of nitrogens with zero attached hydrogens (tertiary/aromatic N) is 1. The number of hydrogen-bond donors (Lipinski definition) is 2. The highest BCUT2D eigenvalue weighted by Gasteiger charge is 2.06. The van der Waals surface area contributed by atoms with Gasteiger partial charge in [0, 0.05) is 42.1 Å². The Labute approximate surface area is 138 Å². The summed E-state index contributed by atoms with van der Waals surface area (Å²) in [5.41, 5.74) is 2.50. The van der Waals surface area contributed by atoms with Gasteiger partial charge in [-0.25, -0.2) is 4.79 Å². The van der Waals surface area contributed by atoms with Crippen LogP contribution in [0.5, 0.6) is 0 Å². The molecule has 0 aliphatic carbocycles. The molecule has 1 amide bonds. The van der Waals surface area contributed by atoms with E-state index in [1.165, 1.54) is 6.07 Å². The fourth-order valence-corrected chi connectivity index (χ4v) is 2.43. The molecule has 2 heterocycles. The summed E-state index contributed by atoms with van der Waals surface area (Å²) >= 11 is 0. The van der Waals surface area contributed by atoms with Gasteiger partial charge in [-0.3, -0.25) is 9.78 Å². The van der Waals surface area contributed by atoms with Gasteiger partial charge in [-0.15, -0.1) is 0 Å². The molecule has 24 heavy (non-hydrogen) atoms. The van der Waals surface area contributed by atoms with Crippen molar-refractivity contribution in [3.8, 4) is 0 Å². The predicted molar refractivity (Wildman–Crippen MR) is 91.8 cm³/mol. The van der Waals surface area contributed by atoms with Gasteiger partial charge in [-0.05, 0) is 36.2 Å². The number of pyridine rings is 1. The monoisotopic (exact) mass is 323 g/mol. The number of benzene rings is 1. The van der Waals surface area contributed by atoms with Gasteiger partial charge in [0.1, 0.15) is 5.58 Å². The van der Waals surface area contributed by atoms with E-state index in [9.17, 15) is 9.59 Å². The van der Waals surface area contributed by atoms with Crippen LogP contribution in [0.2, 0.25) is 0 Å². The average molecular weight is 323 g/mol. The zero-order valence-corrected chi connectivity index (χ0v) is 13.2. The van der Waals surface area contributed by atoms with Crippen molar-refractivity contribution in [1.29, 1.82) is 0 Å². The Hall–Kier alpha value is -2.99. The van der Waals surface area contributed by atoms with Crippen LogP contribution in [0.25, 0.3) is 11.0 Å². The lowest BCUT2D eigenvalue weighted by molar-refractivity contribution is -0.115. The molecule has 0 aliphatic rings. The largest absolute Gasteiger partial charge is 0.423 e. The van der Waals surface area contributed by atoms with Crippen molar-refractivity contribution in [3.63, 3.8) is 0 Å². The standard InChI is InChI=1S/C18H17N3O3/c1-12-7-18(23)24-16-8-14(4-5-15(12)16)21-17(22)11-20-10-13-3-2-6-19-9-13/h2-9,20H,10-11H2,1H3,(H,21,22). The van der Waals surface area contributed by atoms with Crippen LogP contribution in [0.1, 0.15) is 11.1 Å². The van der Waals surface area contributed by atoms with Crippen LogP contribution in [0, 0.1) is 6.92 Å². The van der Waals surface area contributed by atoms with E-state index in [0.717, 1.165) is 16.5 Å². The fourth-order valence-electron chi connectivity index (χ4n) is 2.43. The first-order valence-corrected chi connectivity index (χ1v) is 7.56. The maximum Gasteiger partial charge on any atom is 0.336 e. The van der Waals surface area contributed by atoms with Gasteiger partial charge in [0.2, 0.25) is 5.91 Å². The molecule has 0 unspecified atom stereocenters. The van der Waals surface area contributed by atoms with E-state index in [2.05, 4.69) is 15.6 Å². The lowest BCUT2D eigenvalue weighted by atomic mass is 10.1.